The summed E-state index contributed by atoms with van der Waals surface area (Å²) < 4.78 is 5.30. The van der Waals surface area contributed by atoms with E-state index in [-0.39, 0.29) is 5.25 Å². The standard InChI is InChI=1S/C22H17N3OS/c1-26-15-12-10-14(11-13-15)20-21(27-19-9-5-4-8-18(19)23-20)22-24-16-6-2-3-7-17(16)25-22/h2-13,21H,1H3,(H,24,25)/t21-/m1/s1. The number of thioether (sulfide) groups is 1. The van der Waals surface area contributed by atoms with E-state index in [1.54, 1.807) is 18.9 Å². The summed E-state index contributed by atoms with van der Waals surface area (Å²) in [7, 11) is 1.68. The number of imidazole rings is 1. The quantitative estimate of drug-likeness (QED) is 0.514. The molecule has 132 valence electrons. The van der Waals surface area contributed by atoms with Crippen molar-refractivity contribution in [3.8, 4) is 5.75 Å². The highest BCUT2D eigenvalue weighted by Crippen LogP contribution is 2.46. The van der Waals surface area contributed by atoms with Crippen LogP contribution in [0.5, 0.6) is 5.75 Å². The number of aromatic nitrogens is 2. The van der Waals surface area contributed by atoms with Crippen molar-refractivity contribution in [2.24, 2.45) is 4.99 Å². The van der Waals surface area contributed by atoms with E-state index in [0.717, 1.165) is 39.6 Å². The fourth-order valence-electron chi connectivity index (χ4n) is 3.28. The van der Waals surface area contributed by atoms with Gasteiger partial charge < -0.3 is 9.72 Å². The zero-order valence-electron chi connectivity index (χ0n) is 14.7. The first kappa shape index (κ1) is 16.1. The second-order valence-corrected chi connectivity index (χ2v) is 7.48. The largest absolute Gasteiger partial charge is 0.497 e. The van der Waals surface area contributed by atoms with Gasteiger partial charge in [0.1, 0.15) is 16.8 Å². The molecule has 0 bridgehead atoms. The lowest BCUT2D eigenvalue weighted by molar-refractivity contribution is 0.415. The maximum Gasteiger partial charge on any atom is 0.126 e. The van der Waals surface area contributed by atoms with Crippen LogP contribution in [0.2, 0.25) is 0 Å². The van der Waals surface area contributed by atoms with E-state index in [1.165, 1.54) is 4.90 Å². The lowest BCUT2D eigenvalue weighted by Crippen LogP contribution is -2.15. The van der Waals surface area contributed by atoms with Crippen LogP contribution in [0.15, 0.2) is 82.7 Å². The topological polar surface area (TPSA) is 50.3 Å². The molecule has 0 saturated carbocycles. The number of H-pyrrole nitrogens is 1. The molecule has 27 heavy (non-hydrogen) atoms. The van der Waals surface area contributed by atoms with Gasteiger partial charge in [0.15, 0.2) is 0 Å². The maximum atomic E-state index is 5.30. The third-order valence-corrected chi connectivity index (χ3v) is 5.92. The van der Waals surface area contributed by atoms with Gasteiger partial charge in [-0.3, -0.25) is 0 Å². The highest BCUT2D eigenvalue weighted by molar-refractivity contribution is 8.00. The molecule has 1 atom stereocenters. The Morgan fingerprint density at radius 1 is 0.926 bits per heavy atom. The third kappa shape index (κ3) is 2.90. The summed E-state index contributed by atoms with van der Waals surface area (Å²) in [4.78, 5) is 14.5. The van der Waals surface area contributed by atoms with Gasteiger partial charge in [-0.05, 0) is 54.1 Å². The fourth-order valence-corrected chi connectivity index (χ4v) is 4.45. The van der Waals surface area contributed by atoms with Gasteiger partial charge in [0.2, 0.25) is 0 Å². The number of ether oxygens (including phenoxy) is 1. The van der Waals surface area contributed by atoms with Gasteiger partial charge in [0, 0.05) is 4.90 Å². The molecule has 0 saturated heterocycles. The molecule has 0 aliphatic carbocycles. The van der Waals surface area contributed by atoms with Crippen molar-refractivity contribution in [1.82, 2.24) is 9.97 Å². The molecule has 1 aliphatic heterocycles. The Morgan fingerprint density at radius 3 is 2.52 bits per heavy atom. The molecule has 4 nitrogen and oxygen atoms in total. The average molecular weight is 371 g/mol. The zero-order valence-corrected chi connectivity index (χ0v) is 15.5. The normalized spacial score (nSPS) is 16.0. The summed E-state index contributed by atoms with van der Waals surface area (Å²) in [6, 6.07) is 24.4. The minimum absolute atomic E-state index is 0.000643. The van der Waals surface area contributed by atoms with Crippen molar-refractivity contribution in [2.45, 2.75) is 10.1 Å². The predicted molar refractivity (Wildman–Crippen MR) is 110 cm³/mol. The molecule has 5 rings (SSSR count). The highest BCUT2D eigenvalue weighted by Gasteiger charge is 2.29. The minimum atomic E-state index is 0.000643. The molecule has 1 aliphatic rings. The van der Waals surface area contributed by atoms with E-state index in [1.807, 2.05) is 36.4 Å². The van der Waals surface area contributed by atoms with E-state index in [0.29, 0.717) is 0 Å². The highest BCUT2D eigenvalue weighted by atomic mass is 32.2. The molecule has 0 spiro atoms. The zero-order chi connectivity index (χ0) is 18.2. The second kappa shape index (κ2) is 6.59. The van der Waals surface area contributed by atoms with Crippen molar-refractivity contribution in [3.63, 3.8) is 0 Å². The minimum Gasteiger partial charge on any atom is -0.497 e. The van der Waals surface area contributed by atoms with Crippen molar-refractivity contribution >= 4 is 34.2 Å². The number of para-hydroxylation sites is 3. The number of benzene rings is 3. The Kier molecular flexibility index (Phi) is 3.94. The van der Waals surface area contributed by atoms with Crippen LogP contribution in [0.1, 0.15) is 16.6 Å². The molecule has 0 amide bonds. The second-order valence-electron chi connectivity index (χ2n) is 6.33. The third-order valence-electron chi connectivity index (χ3n) is 4.64. The van der Waals surface area contributed by atoms with Gasteiger partial charge in [-0.2, -0.15) is 0 Å². The summed E-state index contributed by atoms with van der Waals surface area (Å²) >= 11 is 1.78. The van der Waals surface area contributed by atoms with Crippen molar-refractivity contribution in [3.05, 3.63) is 84.2 Å². The first-order valence-electron chi connectivity index (χ1n) is 8.75. The van der Waals surface area contributed by atoms with Crippen LogP contribution in [-0.2, 0) is 0 Å². The van der Waals surface area contributed by atoms with Crippen LogP contribution < -0.4 is 4.74 Å². The smallest absolute Gasteiger partial charge is 0.126 e. The van der Waals surface area contributed by atoms with E-state index < -0.39 is 0 Å². The van der Waals surface area contributed by atoms with Gasteiger partial charge in [-0.15, -0.1) is 11.8 Å². The monoisotopic (exact) mass is 371 g/mol. The van der Waals surface area contributed by atoms with Gasteiger partial charge in [-0.1, -0.05) is 24.3 Å². The lowest BCUT2D eigenvalue weighted by atomic mass is 10.1. The predicted octanol–water partition coefficient (Wildman–Crippen LogP) is 5.54. The van der Waals surface area contributed by atoms with E-state index >= 15 is 0 Å². The maximum absolute atomic E-state index is 5.30. The number of hydrogen-bond donors (Lipinski definition) is 1. The molecule has 0 radical (unpaired) electrons. The van der Waals surface area contributed by atoms with Crippen LogP contribution in [0.3, 0.4) is 0 Å². The Balaban J connectivity index is 1.65. The van der Waals surface area contributed by atoms with Crippen LogP contribution in [0.4, 0.5) is 5.69 Å². The molecular weight excluding hydrogens is 354 g/mol. The number of rotatable bonds is 3. The van der Waals surface area contributed by atoms with Gasteiger partial charge in [0.25, 0.3) is 0 Å². The van der Waals surface area contributed by atoms with Gasteiger partial charge in [-0.25, -0.2) is 9.98 Å². The summed E-state index contributed by atoms with van der Waals surface area (Å²) in [5.41, 5.74) is 5.09. The van der Waals surface area contributed by atoms with Crippen LogP contribution in [0.25, 0.3) is 11.0 Å². The molecule has 1 aromatic heterocycles. The van der Waals surface area contributed by atoms with Crippen molar-refractivity contribution < 1.29 is 4.74 Å². The van der Waals surface area contributed by atoms with E-state index in [2.05, 4.69) is 41.4 Å². The lowest BCUT2D eigenvalue weighted by Gasteiger charge is -2.23. The number of methoxy groups -OCH3 is 1. The summed E-state index contributed by atoms with van der Waals surface area (Å²) in [6.45, 7) is 0. The van der Waals surface area contributed by atoms with Crippen molar-refractivity contribution in [1.29, 1.82) is 0 Å². The first-order valence-corrected chi connectivity index (χ1v) is 9.63. The summed E-state index contributed by atoms with van der Waals surface area (Å²) in [5.74, 6) is 1.76. The molecule has 0 fully saturated rings. The van der Waals surface area contributed by atoms with Crippen molar-refractivity contribution in [2.75, 3.05) is 7.11 Å². The summed E-state index contributed by atoms with van der Waals surface area (Å²) in [5, 5.41) is 0.000643. The van der Waals surface area contributed by atoms with Crippen LogP contribution in [0, 0.1) is 0 Å². The summed E-state index contributed by atoms with van der Waals surface area (Å²) in [6.07, 6.45) is 0. The SMILES string of the molecule is COc1ccc(C2=Nc3ccccc3S[C@H]2c2nc3ccccc3[nH]2)cc1. The fraction of sp³-hybridized carbons (Fsp3) is 0.0909. The number of nitrogens with zero attached hydrogens (tertiary/aromatic N) is 2. The molecule has 4 aromatic rings. The molecule has 3 aromatic carbocycles. The molecule has 1 N–H and O–H groups in total. The molecule has 0 unspecified atom stereocenters. The molecular formula is C22H17N3OS. The number of fused-ring (bicyclic) bond motifs is 2. The number of hydrogen-bond acceptors (Lipinski definition) is 4. The van der Waals surface area contributed by atoms with Crippen LogP contribution in [-0.4, -0.2) is 22.8 Å². The average Bonchev–Trinajstić information content (AvgIpc) is 3.17. The Labute approximate surface area is 161 Å². The number of nitrogens with one attached hydrogen (secondary N) is 1. The number of aliphatic imine (C=N–C) groups is 1. The Bertz CT molecular complexity index is 1110. The molecule has 5 heteroatoms. The van der Waals surface area contributed by atoms with Gasteiger partial charge >= 0.3 is 0 Å². The Hall–Kier alpha value is -3.05. The number of aromatic amines is 1. The first-order chi connectivity index (χ1) is 13.3. The molecule has 2 heterocycles. The Morgan fingerprint density at radius 2 is 1.70 bits per heavy atom. The van der Waals surface area contributed by atoms with E-state index in [4.69, 9.17) is 14.7 Å². The van der Waals surface area contributed by atoms with Gasteiger partial charge in [0.05, 0.1) is 29.5 Å². The van der Waals surface area contributed by atoms with Crippen LogP contribution >= 0.6 is 11.8 Å². The van der Waals surface area contributed by atoms with E-state index in [9.17, 15) is 0 Å².